The molecule has 0 aromatic carbocycles. The van der Waals surface area contributed by atoms with E-state index < -0.39 is 67.8 Å². The van der Waals surface area contributed by atoms with Crippen LogP contribution in [-0.4, -0.2) is 90.6 Å². The second kappa shape index (κ2) is 15.0. The first-order valence-electron chi connectivity index (χ1n) is 18.5. The highest BCUT2D eigenvalue weighted by Crippen LogP contribution is 2.41. The van der Waals surface area contributed by atoms with E-state index in [2.05, 4.69) is 21.3 Å². The molecule has 1 heterocycles. The smallest absolute Gasteiger partial charge is 0.315 e. The van der Waals surface area contributed by atoms with Gasteiger partial charge >= 0.3 is 6.03 Å². The number of likely N-dealkylation sites (tertiary alicyclic amines) is 1. The topological polar surface area (TPSA) is 171 Å². The van der Waals surface area contributed by atoms with Crippen LogP contribution in [0.25, 0.3) is 0 Å². The fraction of sp³-hybridized carbons (Fsp3) is 0.857. The van der Waals surface area contributed by atoms with E-state index in [9.17, 15) is 32.4 Å². The van der Waals surface area contributed by atoms with Crippen LogP contribution < -0.4 is 21.3 Å². The summed E-state index contributed by atoms with van der Waals surface area (Å²) < 4.78 is 25.4. The van der Waals surface area contributed by atoms with E-state index in [1.807, 2.05) is 6.92 Å². The number of hydrogen-bond donors (Lipinski definition) is 4. The molecule has 0 radical (unpaired) electrons. The molecular weight excluding hydrogens is 634 g/mol. The molecular formula is C35H57N5O7S. The fourth-order valence-electron chi connectivity index (χ4n) is 8.26. The lowest BCUT2D eigenvalue weighted by molar-refractivity contribution is -0.144. The van der Waals surface area contributed by atoms with Crippen LogP contribution in [0.2, 0.25) is 0 Å². The zero-order valence-electron chi connectivity index (χ0n) is 29.1. The quantitative estimate of drug-likeness (QED) is 0.203. The molecule has 4 saturated carbocycles. The Balaban J connectivity index is 1.32. The van der Waals surface area contributed by atoms with Crippen molar-refractivity contribution in [3.63, 3.8) is 0 Å². The molecule has 5 amide bonds. The minimum Gasteiger partial charge on any atom is -0.347 e. The van der Waals surface area contributed by atoms with Gasteiger partial charge in [0, 0.05) is 18.8 Å². The molecule has 4 aliphatic carbocycles. The molecule has 12 nitrogen and oxygen atoms in total. The van der Waals surface area contributed by atoms with Crippen LogP contribution in [0.3, 0.4) is 0 Å². The average molecular weight is 692 g/mol. The van der Waals surface area contributed by atoms with Gasteiger partial charge in [0.25, 0.3) is 5.91 Å². The molecule has 0 aromatic heterocycles. The summed E-state index contributed by atoms with van der Waals surface area (Å²) in [4.78, 5) is 69.6. The van der Waals surface area contributed by atoms with Crippen molar-refractivity contribution in [3.05, 3.63) is 0 Å². The van der Waals surface area contributed by atoms with E-state index in [1.54, 1.807) is 11.8 Å². The van der Waals surface area contributed by atoms with Gasteiger partial charge in [-0.2, -0.15) is 0 Å². The predicted octanol–water partition coefficient (Wildman–Crippen LogP) is 3.27. The Morgan fingerprint density at radius 2 is 1.46 bits per heavy atom. The number of rotatable bonds is 14. The van der Waals surface area contributed by atoms with Gasteiger partial charge in [-0.05, 0) is 82.5 Å². The summed E-state index contributed by atoms with van der Waals surface area (Å²) in [6.07, 6.45) is 15.2. The molecule has 270 valence electrons. The van der Waals surface area contributed by atoms with Crippen LogP contribution in [0.5, 0.6) is 0 Å². The highest BCUT2D eigenvalue weighted by atomic mass is 32.2. The third-order valence-corrected chi connectivity index (χ3v) is 13.6. The van der Waals surface area contributed by atoms with Gasteiger partial charge in [-0.15, -0.1) is 0 Å². The molecule has 5 rings (SSSR count). The maximum absolute atomic E-state index is 14.5. The number of nitrogens with zero attached hydrogens (tertiary/aromatic N) is 1. The molecule has 1 saturated heterocycles. The summed E-state index contributed by atoms with van der Waals surface area (Å²) in [6.45, 7) is 4.00. The van der Waals surface area contributed by atoms with Gasteiger partial charge in [-0.3, -0.25) is 19.2 Å². The normalized spacial score (nSPS) is 25.6. The van der Waals surface area contributed by atoms with Crippen molar-refractivity contribution in [2.75, 3.05) is 12.8 Å². The monoisotopic (exact) mass is 691 g/mol. The number of urea groups is 1. The minimum atomic E-state index is -3.46. The molecule has 1 aliphatic heterocycles. The largest absolute Gasteiger partial charge is 0.347 e. The maximum Gasteiger partial charge on any atom is 0.315 e. The van der Waals surface area contributed by atoms with Crippen molar-refractivity contribution in [3.8, 4) is 0 Å². The second-order valence-electron chi connectivity index (χ2n) is 15.8. The van der Waals surface area contributed by atoms with Crippen molar-refractivity contribution in [2.45, 2.75) is 164 Å². The third kappa shape index (κ3) is 8.90. The summed E-state index contributed by atoms with van der Waals surface area (Å²) in [5.74, 6) is -1.59. The van der Waals surface area contributed by atoms with Crippen molar-refractivity contribution in [1.82, 2.24) is 26.2 Å². The zero-order chi connectivity index (χ0) is 34.7. The summed E-state index contributed by atoms with van der Waals surface area (Å²) in [6, 6.07) is -3.24. The van der Waals surface area contributed by atoms with Crippen LogP contribution >= 0.6 is 0 Å². The Morgan fingerprint density at radius 3 is 2.04 bits per heavy atom. The number of hydrogen-bond acceptors (Lipinski definition) is 7. The molecule has 0 bridgehead atoms. The lowest BCUT2D eigenvalue weighted by Crippen LogP contribution is -2.65. The van der Waals surface area contributed by atoms with E-state index in [0.717, 1.165) is 83.5 Å². The van der Waals surface area contributed by atoms with Crippen molar-refractivity contribution in [2.24, 2.45) is 11.3 Å². The first kappa shape index (κ1) is 36.6. The zero-order valence-corrected chi connectivity index (χ0v) is 29.9. The van der Waals surface area contributed by atoms with E-state index >= 15 is 0 Å². The molecule has 0 spiro atoms. The van der Waals surface area contributed by atoms with Gasteiger partial charge in [0.15, 0.2) is 9.84 Å². The van der Waals surface area contributed by atoms with Crippen LogP contribution in [0, 0.1) is 11.3 Å². The van der Waals surface area contributed by atoms with Crippen LogP contribution in [0.1, 0.15) is 129 Å². The van der Waals surface area contributed by atoms with Crippen LogP contribution in [-0.2, 0) is 29.0 Å². The Bertz CT molecular complexity index is 1330. The molecule has 4 N–H and O–H groups in total. The lowest BCUT2D eigenvalue weighted by Gasteiger charge is -2.45. The molecule has 0 aromatic rings. The molecule has 13 heteroatoms. The van der Waals surface area contributed by atoms with Crippen LogP contribution in [0.15, 0.2) is 0 Å². The third-order valence-electron chi connectivity index (χ3n) is 11.9. The first-order valence-corrected chi connectivity index (χ1v) is 20.4. The lowest BCUT2D eigenvalue weighted by atomic mass is 9.70. The summed E-state index contributed by atoms with van der Waals surface area (Å²) >= 11 is 0. The summed E-state index contributed by atoms with van der Waals surface area (Å²) in [5.41, 5.74) is -1.48. The summed E-state index contributed by atoms with van der Waals surface area (Å²) in [7, 11) is -3.46. The van der Waals surface area contributed by atoms with Gasteiger partial charge < -0.3 is 26.2 Å². The molecule has 48 heavy (non-hydrogen) atoms. The number of carbonyl (C=O) groups is 5. The number of nitrogens with one attached hydrogen (secondary N) is 4. The number of Topliss-reactive ketones (excluding diaryl/α,β-unsaturated/α-hetero) is 1. The predicted molar refractivity (Wildman–Crippen MR) is 182 cm³/mol. The molecule has 5 aliphatic rings. The highest BCUT2D eigenvalue weighted by molar-refractivity contribution is 7.91. The van der Waals surface area contributed by atoms with Crippen molar-refractivity contribution < 1.29 is 32.4 Å². The average Bonchev–Trinajstić information content (AvgIpc) is 3.99. The van der Waals surface area contributed by atoms with E-state index in [-0.39, 0.29) is 11.9 Å². The first-order chi connectivity index (χ1) is 22.7. The number of ketones is 1. The number of carbonyl (C=O) groups excluding carboxylic acids is 5. The maximum atomic E-state index is 14.5. The number of amides is 5. The molecule has 0 unspecified atom stereocenters. The van der Waals surface area contributed by atoms with Crippen molar-refractivity contribution >= 4 is 39.4 Å². The highest BCUT2D eigenvalue weighted by Gasteiger charge is 2.48. The molecule has 4 atom stereocenters. The van der Waals surface area contributed by atoms with E-state index in [4.69, 9.17) is 0 Å². The Kier molecular flexibility index (Phi) is 11.5. The second-order valence-corrected chi connectivity index (χ2v) is 18.2. The Hall–Kier alpha value is -2.70. The van der Waals surface area contributed by atoms with Gasteiger partial charge in [-0.25, -0.2) is 13.2 Å². The van der Waals surface area contributed by atoms with Gasteiger partial charge in [0.05, 0.1) is 16.8 Å². The molecule has 5 fully saturated rings. The van der Waals surface area contributed by atoms with Crippen LogP contribution in [0.4, 0.5) is 4.79 Å². The van der Waals surface area contributed by atoms with Gasteiger partial charge in [-0.1, -0.05) is 58.3 Å². The van der Waals surface area contributed by atoms with Crippen molar-refractivity contribution in [1.29, 1.82) is 0 Å². The van der Waals surface area contributed by atoms with Gasteiger partial charge in [0.1, 0.15) is 12.1 Å². The van der Waals surface area contributed by atoms with Gasteiger partial charge in [0.2, 0.25) is 17.6 Å². The summed E-state index contributed by atoms with van der Waals surface area (Å²) in [5, 5.41) is 10.9. The minimum absolute atomic E-state index is 0.0227. The van der Waals surface area contributed by atoms with E-state index in [0.29, 0.717) is 44.6 Å². The van der Waals surface area contributed by atoms with E-state index in [1.165, 1.54) is 6.26 Å². The Morgan fingerprint density at radius 1 is 0.833 bits per heavy atom. The SMILES string of the molecule is C[C@@H](C1(NC(=O)N[C@H](C(=O)N2CCC[C@H]2C(=O)N[C@@H](CCC2CC2)C(=O)C(=O)NC2CC2)C2(C)CCCCC2)CCCCC1)S(C)(=O)=O. The Labute approximate surface area is 286 Å². The standard InChI is InChI=1S/C35H57N5O7S/c1-23(48(3,46)47)35(20-8-5-9-21-35)39-33(45)38-29(34(2)18-6-4-7-19-34)32(44)40-22-10-11-27(40)30(42)37-26(17-14-24-12-13-24)28(41)31(43)36-25-15-16-25/h23-27,29H,4-22H2,1-3H3,(H,36,43)(H,37,42)(H2,38,39,45)/t23-,26-,27-,29+/m0/s1. The fourth-order valence-corrected chi connectivity index (χ4v) is 9.37. The number of sulfone groups is 1.